The molecule has 0 atom stereocenters. The highest BCUT2D eigenvalue weighted by Gasteiger charge is 2.09. The Hall–Kier alpha value is -0.0100. The largest absolute Gasteiger partial charge is 0.377 e. The van der Waals surface area contributed by atoms with Gasteiger partial charge in [0.05, 0.1) is 16.8 Å². The van der Waals surface area contributed by atoms with Crippen LogP contribution in [0.15, 0.2) is 9.15 Å². The minimum atomic E-state index is 0.792. The molecule has 0 radical (unpaired) electrons. The number of unbranched alkanes of at least 4 members (excludes halogenated alkanes) is 2. The van der Waals surface area contributed by atoms with Crippen LogP contribution in [0.4, 0.5) is 0 Å². The number of hydrogen-bond acceptors (Lipinski definition) is 1. The summed E-state index contributed by atoms with van der Waals surface area (Å²) in [5.41, 5.74) is 1.38. The van der Waals surface area contributed by atoms with E-state index in [0.717, 1.165) is 26.1 Å². The lowest BCUT2D eigenvalue weighted by atomic mass is 10.2. The van der Waals surface area contributed by atoms with Crippen molar-refractivity contribution in [2.45, 2.75) is 32.6 Å². The SMILES string of the molecule is CCCCC#C/C(I)=C1/CCOC1. The number of hydrogen-bond donors (Lipinski definition) is 0. The number of halogens is 1. The molecule has 0 aromatic heterocycles. The summed E-state index contributed by atoms with van der Waals surface area (Å²) in [5.74, 6) is 6.39. The summed E-state index contributed by atoms with van der Waals surface area (Å²) >= 11 is 2.32. The summed E-state index contributed by atoms with van der Waals surface area (Å²) in [7, 11) is 0. The highest BCUT2D eigenvalue weighted by atomic mass is 127. The molecule has 72 valence electrons. The molecule has 1 saturated heterocycles. The van der Waals surface area contributed by atoms with Gasteiger partial charge in [-0.2, -0.15) is 0 Å². The van der Waals surface area contributed by atoms with Crippen LogP contribution < -0.4 is 0 Å². The number of ether oxygens (including phenoxy) is 1. The molecular formula is C11H15IO. The van der Waals surface area contributed by atoms with Gasteiger partial charge in [-0.3, -0.25) is 0 Å². The standard InChI is InChI=1S/C11H15IO/c1-2-3-4-5-6-11(12)10-7-8-13-9-10/h2-4,7-9H2,1H3/b11-10+. The van der Waals surface area contributed by atoms with Crippen LogP contribution in [-0.2, 0) is 4.74 Å². The highest BCUT2D eigenvalue weighted by molar-refractivity contribution is 14.1. The molecule has 1 heterocycles. The Bertz CT molecular complexity index is 237. The van der Waals surface area contributed by atoms with Crippen molar-refractivity contribution in [1.29, 1.82) is 0 Å². The molecule has 0 spiro atoms. The maximum Gasteiger partial charge on any atom is 0.0697 e. The first-order chi connectivity index (χ1) is 6.34. The van der Waals surface area contributed by atoms with Crippen LogP contribution in [0.3, 0.4) is 0 Å². The van der Waals surface area contributed by atoms with E-state index >= 15 is 0 Å². The van der Waals surface area contributed by atoms with Gasteiger partial charge in [0.25, 0.3) is 0 Å². The minimum absolute atomic E-state index is 0.792. The number of rotatable bonds is 2. The third-order valence-electron chi connectivity index (χ3n) is 1.99. The average Bonchev–Trinajstić information content (AvgIpc) is 2.65. The van der Waals surface area contributed by atoms with Gasteiger partial charge >= 0.3 is 0 Å². The lowest BCUT2D eigenvalue weighted by molar-refractivity contribution is 0.204. The van der Waals surface area contributed by atoms with E-state index in [4.69, 9.17) is 4.74 Å². The average molecular weight is 290 g/mol. The molecule has 0 unspecified atom stereocenters. The monoisotopic (exact) mass is 290 g/mol. The molecule has 2 heteroatoms. The molecule has 0 N–H and O–H groups in total. The first-order valence-corrected chi connectivity index (χ1v) is 5.86. The van der Waals surface area contributed by atoms with Crippen LogP contribution in [0, 0.1) is 11.8 Å². The zero-order valence-corrected chi connectivity index (χ0v) is 10.2. The molecule has 0 amide bonds. The molecule has 1 aliphatic heterocycles. The van der Waals surface area contributed by atoms with Crippen molar-refractivity contribution in [3.63, 3.8) is 0 Å². The quantitative estimate of drug-likeness (QED) is 0.431. The van der Waals surface area contributed by atoms with Crippen molar-refractivity contribution < 1.29 is 4.74 Å². The summed E-state index contributed by atoms with van der Waals surface area (Å²) in [6, 6.07) is 0. The van der Waals surface area contributed by atoms with Crippen molar-refractivity contribution in [2.75, 3.05) is 13.2 Å². The third kappa shape index (κ3) is 4.15. The molecule has 0 aromatic rings. The van der Waals surface area contributed by atoms with Gasteiger partial charge in [-0.15, -0.1) is 0 Å². The highest BCUT2D eigenvalue weighted by Crippen LogP contribution is 2.20. The first-order valence-electron chi connectivity index (χ1n) is 4.78. The number of allylic oxidation sites excluding steroid dienone is 1. The normalized spacial score (nSPS) is 19.5. The van der Waals surface area contributed by atoms with Gasteiger partial charge in [0, 0.05) is 6.42 Å². The van der Waals surface area contributed by atoms with Crippen molar-refractivity contribution in [2.24, 2.45) is 0 Å². The van der Waals surface area contributed by atoms with Crippen LogP contribution in [-0.4, -0.2) is 13.2 Å². The van der Waals surface area contributed by atoms with Gasteiger partial charge in [-0.1, -0.05) is 25.2 Å². The molecular weight excluding hydrogens is 275 g/mol. The van der Waals surface area contributed by atoms with E-state index in [2.05, 4.69) is 41.4 Å². The van der Waals surface area contributed by atoms with E-state index in [1.54, 1.807) is 0 Å². The van der Waals surface area contributed by atoms with Gasteiger partial charge in [0.15, 0.2) is 0 Å². The van der Waals surface area contributed by atoms with Crippen molar-refractivity contribution in [3.8, 4) is 11.8 Å². The van der Waals surface area contributed by atoms with Crippen LogP contribution in [0.2, 0.25) is 0 Å². The molecule has 1 rings (SSSR count). The second kappa shape index (κ2) is 6.44. The van der Waals surface area contributed by atoms with Crippen LogP contribution in [0.25, 0.3) is 0 Å². The van der Waals surface area contributed by atoms with E-state index in [9.17, 15) is 0 Å². The van der Waals surface area contributed by atoms with Gasteiger partial charge in [0.1, 0.15) is 0 Å². The summed E-state index contributed by atoms with van der Waals surface area (Å²) in [6.45, 7) is 3.86. The van der Waals surface area contributed by atoms with E-state index in [1.165, 1.54) is 22.0 Å². The molecule has 0 saturated carbocycles. The molecule has 0 aliphatic carbocycles. The van der Waals surface area contributed by atoms with E-state index in [-0.39, 0.29) is 0 Å². The zero-order valence-electron chi connectivity index (χ0n) is 8.03. The minimum Gasteiger partial charge on any atom is -0.377 e. The summed E-state index contributed by atoms with van der Waals surface area (Å²) in [5, 5.41) is 0. The Labute approximate surface area is 94.1 Å². The Morgan fingerprint density at radius 1 is 1.62 bits per heavy atom. The topological polar surface area (TPSA) is 9.23 Å². The smallest absolute Gasteiger partial charge is 0.0697 e. The molecule has 0 aromatic carbocycles. The predicted octanol–water partition coefficient (Wildman–Crippen LogP) is 3.29. The van der Waals surface area contributed by atoms with Crippen molar-refractivity contribution in [1.82, 2.24) is 0 Å². The molecule has 1 nitrogen and oxygen atoms in total. The van der Waals surface area contributed by atoms with Crippen LogP contribution in [0.1, 0.15) is 32.6 Å². The Kier molecular flexibility index (Phi) is 5.49. The fourth-order valence-electron chi connectivity index (χ4n) is 1.13. The summed E-state index contributed by atoms with van der Waals surface area (Å²) < 4.78 is 6.48. The van der Waals surface area contributed by atoms with Gasteiger partial charge in [-0.25, -0.2) is 0 Å². The second-order valence-electron chi connectivity index (χ2n) is 3.13. The maximum absolute atomic E-state index is 5.28. The van der Waals surface area contributed by atoms with Crippen molar-refractivity contribution in [3.05, 3.63) is 9.15 Å². The third-order valence-corrected chi connectivity index (χ3v) is 3.02. The van der Waals surface area contributed by atoms with E-state index in [1.807, 2.05) is 0 Å². The molecule has 1 aliphatic rings. The molecule has 13 heavy (non-hydrogen) atoms. The Morgan fingerprint density at radius 3 is 3.08 bits per heavy atom. The lowest BCUT2D eigenvalue weighted by Crippen LogP contribution is -1.83. The summed E-state index contributed by atoms with van der Waals surface area (Å²) in [6.07, 6.45) is 4.53. The second-order valence-corrected chi connectivity index (χ2v) is 4.20. The Morgan fingerprint density at radius 2 is 2.46 bits per heavy atom. The molecule has 1 fully saturated rings. The fourth-order valence-corrected chi connectivity index (χ4v) is 1.75. The predicted molar refractivity (Wildman–Crippen MR) is 63.8 cm³/mol. The summed E-state index contributed by atoms with van der Waals surface area (Å²) in [4.78, 5) is 0. The maximum atomic E-state index is 5.28. The first kappa shape index (κ1) is 11.1. The van der Waals surface area contributed by atoms with Crippen molar-refractivity contribution >= 4 is 22.6 Å². The van der Waals surface area contributed by atoms with Crippen LogP contribution in [0.5, 0.6) is 0 Å². The van der Waals surface area contributed by atoms with Crippen LogP contribution >= 0.6 is 22.6 Å². The fraction of sp³-hybridized carbons (Fsp3) is 0.636. The van der Waals surface area contributed by atoms with E-state index in [0.29, 0.717) is 0 Å². The van der Waals surface area contributed by atoms with Gasteiger partial charge in [0.2, 0.25) is 0 Å². The van der Waals surface area contributed by atoms with E-state index < -0.39 is 0 Å². The Balaban J connectivity index is 2.40. The lowest BCUT2D eigenvalue weighted by Gasteiger charge is -1.92. The zero-order chi connectivity index (χ0) is 9.52. The van der Waals surface area contributed by atoms with Gasteiger partial charge < -0.3 is 4.74 Å². The van der Waals surface area contributed by atoms with Gasteiger partial charge in [-0.05, 0) is 41.0 Å². The molecule has 0 bridgehead atoms.